The maximum atomic E-state index is 12.3. The van der Waals surface area contributed by atoms with Gasteiger partial charge >= 0.3 is 0 Å². The van der Waals surface area contributed by atoms with Crippen LogP contribution in [0.2, 0.25) is 0 Å². The number of carbonyl (C=O) groups excluding carboxylic acids is 2. The predicted molar refractivity (Wildman–Crippen MR) is 93.8 cm³/mol. The van der Waals surface area contributed by atoms with Crippen LogP contribution in [-0.4, -0.2) is 18.4 Å². The van der Waals surface area contributed by atoms with E-state index in [1.54, 1.807) is 0 Å². The van der Waals surface area contributed by atoms with Gasteiger partial charge in [0.2, 0.25) is 11.8 Å². The van der Waals surface area contributed by atoms with Crippen LogP contribution in [-0.2, 0) is 9.59 Å². The summed E-state index contributed by atoms with van der Waals surface area (Å²) in [6, 6.07) is 13.3. The zero-order chi connectivity index (χ0) is 17.0. The largest absolute Gasteiger partial charge is 0.325 e. The van der Waals surface area contributed by atoms with Gasteiger partial charge in [-0.2, -0.15) is 0 Å². The van der Waals surface area contributed by atoms with Crippen LogP contribution in [0.15, 0.2) is 42.5 Å². The van der Waals surface area contributed by atoms with Crippen LogP contribution < -0.4 is 10.2 Å². The van der Waals surface area contributed by atoms with E-state index in [0.29, 0.717) is 0 Å². The van der Waals surface area contributed by atoms with Crippen LogP contribution in [0.4, 0.5) is 11.4 Å². The van der Waals surface area contributed by atoms with E-state index in [9.17, 15) is 9.59 Å². The standard InChI is InChI=1S/C19H22N2O2/c1-13-8-10-17(11-9-13)20-19(23)12-21(16(4)22)18-7-5-6-14(2)15(18)3/h5-11H,12H2,1-4H3,(H,20,23). The lowest BCUT2D eigenvalue weighted by molar-refractivity contribution is -0.120. The maximum absolute atomic E-state index is 12.3. The van der Waals surface area contributed by atoms with Gasteiger partial charge in [-0.15, -0.1) is 0 Å². The van der Waals surface area contributed by atoms with Crippen molar-refractivity contribution in [1.29, 1.82) is 0 Å². The van der Waals surface area contributed by atoms with Crippen molar-refractivity contribution in [2.24, 2.45) is 0 Å². The third-order valence-corrected chi connectivity index (χ3v) is 3.88. The number of carbonyl (C=O) groups is 2. The lowest BCUT2D eigenvalue weighted by atomic mass is 10.1. The molecule has 0 heterocycles. The molecule has 0 aliphatic heterocycles. The Hall–Kier alpha value is -2.62. The summed E-state index contributed by atoms with van der Waals surface area (Å²) in [7, 11) is 0. The van der Waals surface area contributed by atoms with Crippen LogP contribution in [0.5, 0.6) is 0 Å². The number of amides is 2. The van der Waals surface area contributed by atoms with E-state index >= 15 is 0 Å². The molecule has 4 nitrogen and oxygen atoms in total. The average molecular weight is 310 g/mol. The Morgan fingerprint density at radius 1 is 1.00 bits per heavy atom. The number of benzene rings is 2. The van der Waals surface area contributed by atoms with Crippen molar-refractivity contribution in [3.8, 4) is 0 Å². The van der Waals surface area contributed by atoms with Gasteiger partial charge in [0, 0.05) is 18.3 Å². The van der Waals surface area contributed by atoms with Crippen LogP contribution >= 0.6 is 0 Å². The van der Waals surface area contributed by atoms with E-state index in [0.717, 1.165) is 28.1 Å². The highest BCUT2D eigenvalue weighted by molar-refractivity contribution is 6.02. The summed E-state index contributed by atoms with van der Waals surface area (Å²) < 4.78 is 0. The van der Waals surface area contributed by atoms with E-state index in [4.69, 9.17) is 0 Å². The van der Waals surface area contributed by atoms with E-state index in [1.807, 2.05) is 63.2 Å². The SMILES string of the molecule is CC(=O)N(CC(=O)Nc1ccc(C)cc1)c1cccc(C)c1C. The zero-order valence-corrected chi connectivity index (χ0v) is 14.0. The molecule has 4 heteroatoms. The molecule has 0 spiro atoms. The molecule has 0 aromatic heterocycles. The Morgan fingerprint density at radius 3 is 2.26 bits per heavy atom. The average Bonchev–Trinajstić information content (AvgIpc) is 2.50. The van der Waals surface area contributed by atoms with Gasteiger partial charge in [-0.3, -0.25) is 9.59 Å². The third kappa shape index (κ3) is 4.19. The third-order valence-electron chi connectivity index (χ3n) is 3.88. The van der Waals surface area contributed by atoms with Crippen LogP contribution in [0.25, 0.3) is 0 Å². The Balaban J connectivity index is 2.16. The first kappa shape index (κ1) is 16.7. The van der Waals surface area contributed by atoms with Crippen molar-refractivity contribution in [3.63, 3.8) is 0 Å². The monoisotopic (exact) mass is 310 g/mol. The van der Waals surface area contributed by atoms with E-state index in [2.05, 4.69) is 5.32 Å². The number of hydrogen-bond acceptors (Lipinski definition) is 2. The van der Waals surface area contributed by atoms with Crippen LogP contribution in [0, 0.1) is 20.8 Å². The lowest BCUT2D eigenvalue weighted by Gasteiger charge is -2.23. The molecule has 0 atom stereocenters. The second-order valence-electron chi connectivity index (χ2n) is 5.74. The van der Waals surface area contributed by atoms with Crippen LogP contribution in [0.1, 0.15) is 23.6 Å². The number of nitrogens with one attached hydrogen (secondary N) is 1. The Bertz CT molecular complexity index is 721. The summed E-state index contributed by atoms with van der Waals surface area (Å²) in [6.07, 6.45) is 0. The molecule has 120 valence electrons. The van der Waals surface area contributed by atoms with Crippen LogP contribution in [0.3, 0.4) is 0 Å². The van der Waals surface area contributed by atoms with Crippen molar-refractivity contribution in [3.05, 3.63) is 59.2 Å². The number of aryl methyl sites for hydroxylation is 2. The fraction of sp³-hybridized carbons (Fsp3) is 0.263. The van der Waals surface area contributed by atoms with E-state index < -0.39 is 0 Å². The molecule has 23 heavy (non-hydrogen) atoms. The van der Waals surface area contributed by atoms with Gasteiger partial charge in [0.05, 0.1) is 0 Å². The summed E-state index contributed by atoms with van der Waals surface area (Å²) in [6.45, 7) is 7.40. The molecule has 2 aromatic rings. The summed E-state index contributed by atoms with van der Waals surface area (Å²) in [5, 5.41) is 2.83. The summed E-state index contributed by atoms with van der Waals surface area (Å²) in [5.74, 6) is -0.372. The number of nitrogens with zero attached hydrogens (tertiary/aromatic N) is 1. The molecule has 2 aromatic carbocycles. The molecule has 0 fully saturated rings. The Labute approximate surface area is 137 Å². The van der Waals surface area contributed by atoms with Crippen molar-refractivity contribution in [2.75, 3.05) is 16.8 Å². The van der Waals surface area contributed by atoms with Crippen molar-refractivity contribution in [1.82, 2.24) is 0 Å². The van der Waals surface area contributed by atoms with Gasteiger partial charge in [-0.25, -0.2) is 0 Å². The van der Waals surface area contributed by atoms with Gasteiger partial charge in [-0.1, -0.05) is 29.8 Å². The lowest BCUT2D eigenvalue weighted by Crippen LogP contribution is -2.37. The molecule has 0 saturated heterocycles. The van der Waals surface area contributed by atoms with Gasteiger partial charge in [0.25, 0.3) is 0 Å². The van der Waals surface area contributed by atoms with Crippen molar-refractivity contribution >= 4 is 23.2 Å². The number of rotatable bonds is 4. The molecular weight excluding hydrogens is 288 g/mol. The zero-order valence-electron chi connectivity index (χ0n) is 14.0. The minimum Gasteiger partial charge on any atom is -0.325 e. The molecule has 0 aliphatic rings. The normalized spacial score (nSPS) is 10.3. The first-order valence-electron chi connectivity index (χ1n) is 7.59. The second-order valence-corrected chi connectivity index (χ2v) is 5.74. The van der Waals surface area contributed by atoms with Gasteiger partial charge in [-0.05, 0) is 50.1 Å². The van der Waals surface area contributed by atoms with E-state index in [1.165, 1.54) is 11.8 Å². The first-order valence-corrected chi connectivity index (χ1v) is 7.59. The van der Waals surface area contributed by atoms with Gasteiger partial charge < -0.3 is 10.2 Å². The number of anilines is 2. The highest BCUT2D eigenvalue weighted by Gasteiger charge is 2.18. The summed E-state index contributed by atoms with van der Waals surface area (Å²) >= 11 is 0. The first-order chi connectivity index (χ1) is 10.9. The predicted octanol–water partition coefficient (Wildman–Crippen LogP) is 3.60. The fourth-order valence-corrected chi connectivity index (χ4v) is 2.38. The topological polar surface area (TPSA) is 49.4 Å². The number of hydrogen-bond donors (Lipinski definition) is 1. The minimum atomic E-state index is -0.218. The van der Waals surface area contributed by atoms with Gasteiger partial charge in [0.15, 0.2) is 0 Å². The minimum absolute atomic E-state index is 0.00645. The molecule has 0 radical (unpaired) electrons. The smallest absolute Gasteiger partial charge is 0.244 e. The Kier molecular flexibility index (Phi) is 5.16. The van der Waals surface area contributed by atoms with E-state index in [-0.39, 0.29) is 18.4 Å². The quantitative estimate of drug-likeness (QED) is 0.938. The second kappa shape index (κ2) is 7.09. The summed E-state index contributed by atoms with van der Waals surface area (Å²) in [5.41, 5.74) is 4.73. The molecule has 2 rings (SSSR count). The molecule has 2 amide bonds. The van der Waals surface area contributed by atoms with Gasteiger partial charge in [0.1, 0.15) is 6.54 Å². The van der Waals surface area contributed by atoms with Crippen molar-refractivity contribution < 1.29 is 9.59 Å². The molecule has 0 aliphatic carbocycles. The maximum Gasteiger partial charge on any atom is 0.244 e. The highest BCUT2D eigenvalue weighted by atomic mass is 16.2. The Morgan fingerprint density at radius 2 is 1.65 bits per heavy atom. The van der Waals surface area contributed by atoms with Crippen molar-refractivity contribution in [2.45, 2.75) is 27.7 Å². The molecule has 0 saturated carbocycles. The highest BCUT2D eigenvalue weighted by Crippen LogP contribution is 2.23. The fourth-order valence-electron chi connectivity index (χ4n) is 2.38. The molecule has 1 N–H and O–H groups in total. The molecule has 0 unspecified atom stereocenters. The molecular formula is C19H22N2O2. The summed E-state index contributed by atoms with van der Waals surface area (Å²) in [4.78, 5) is 25.8. The molecule has 0 bridgehead atoms.